The summed E-state index contributed by atoms with van der Waals surface area (Å²) < 4.78 is 5.92. The zero-order valence-corrected chi connectivity index (χ0v) is 34.0. The minimum absolute atomic E-state index is 0.146. The molecule has 13 rings (SSSR count). The standard InChI is InChI=1S/C29H17NO.C23H14O.C6H7NO/c1-2-7-26-25(6-1)30-29(31-26)21-12-8-18(9-13-21)24-16-22-14-10-19-4-3-5-20-11-15-23(17-24)28(22)27(19)20;24-14-15-4-6-16(7-5-15)21-12-19-10-8-17-2-1-3-18-9-11-20(13-21)23(19)22(17)18;7-5-3-1-2-4-6(5)8/h1-17H;1-14H;1-4,8H,7H2. The van der Waals surface area contributed by atoms with Crippen LogP contribution in [0.5, 0.6) is 5.75 Å². The third-order valence-corrected chi connectivity index (χ3v) is 12.0. The van der Waals surface area contributed by atoms with Crippen molar-refractivity contribution in [3.8, 4) is 39.5 Å². The van der Waals surface area contributed by atoms with E-state index in [1.807, 2.05) is 48.5 Å². The third kappa shape index (κ3) is 6.88. The van der Waals surface area contributed by atoms with E-state index < -0.39 is 0 Å². The van der Waals surface area contributed by atoms with E-state index in [-0.39, 0.29) is 5.75 Å². The second-order valence-electron chi connectivity index (χ2n) is 15.9. The van der Waals surface area contributed by atoms with Gasteiger partial charge in [0, 0.05) is 11.1 Å². The van der Waals surface area contributed by atoms with Gasteiger partial charge in [0.25, 0.3) is 0 Å². The largest absolute Gasteiger partial charge is 0.506 e. The van der Waals surface area contributed by atoms with Crippen LogP contribution in [0, 0.1) is 0 Å². The number of carbonyl (C=O) groups is 1. The number of nitrogens with two attached hydrogens (primary N) is 1. The summed E-state index contributed by atoms with van der Waals surface area (Å²) >= 11 is 0. The molecule has 3 N–H and O–H groups in total. The molecule has 13 aromatic rings. The average molecular weight is 811 g/mol. The molecule has 0 saturated heterocycles. The van der Waals surface area contributed by atoms with Crippen LogP contribution in [-0.4, -0.2) is 16.4 Å². The van der Waals surface area contributed by atoms with Crippen LogP contribution in [0.2, 0.25) is 0 Å². The van der Waals surface area contributed by atoms with Gasteiger partial charge >= 0.3 is 0 Å². The lowest BCUT2D eigenvalue weighted by molar-refractivity contribution is 0.112. The predicted molar refractivity (Wildman–Crippen MR) is 262 cm³/mol. The first-order valence-electron chi connectivity index (χ1n) is 20.9. The second-order valence-corrected chi connectivity index (χ2v) is 15.9. The molecule has 63 heavy (non-hydrogen) atoms. The van der Waals surface area contributed by atoms with Crippen LogP contribution in [0.4, 0.5) is 5.69 Å². The Morgan fingerprint density at radius 3 is 1.27 bits per heavy atom. The van der Waals surface area contributed by atoms with Crippen molar-refractivity contribution in [2.24, 2.45) is 0 Å². The Labute approximate surface area is 362 Å². The molecule has 0 radical (unpaired) electrons. The van der Waals surface area contributed by atoms with E-state index in [0.29, 0.717) is 17.1 Å². The molecule has 0 spiro atoms. The molecule has 0 fully saturated rings. The molecule has 12 aromatic carbocycles. The second kappa shape index (κ2) is 15.5. The number of aromatic hydroxyl groups is 1. The van der Waals surface area contributed by atoms with Crippen LogP contribution in [0.15, 0.2) is 211 Å². The van der Waals surface area contributed by atoms with E-state index in [9.17, 15) is 4.79 Å². The van der Waals surface area contributed by atoms with E-state index >= 15 is 0 Å². The van der Waals surface area contributed by atoms with E-state index in [2.05, 4.69) is 138 Å². The van der Waals surface area contributed by atoms with E-state index in [1.165, 1.54) is 81.3 Å². The number of fused-ring (bicyclic) bond motifs is 1. The van der Waals surface area contributed by atoms with Crippen molar-refractivity contribution in [3.05, 3.63) is 212 Å². The van der Waals surface area contributed by atoms with Gasteiger partial charge in [-0.2, -0.15) is 0 Å². The van der Waals surface area contributed by atoms with Crippen LogP contribution in [0.25, 0.3) is 109 Å². The number of anilines is 1. The fourth-order valence-corrected chi connectivity index (χ4v) is 8.88. The zero-order valence-electron chi connectivity index (χ0n) is 34.0. The Balaban J connectivity index is 0.000000123. The number of nitrogen functional groups attached to an aromatic ring is 1. The van der Waals surface area contributed by atoms with Crippen molar-refractivity contribution in [3.63, 3.8) is 0 Å². The summed E-state index contributed by atoms with van der Waals surface area (Å²) in [5.41, 5.74) is 13.8. The number of oxazole rings is 1. The lowest BCUT2D eigenvalue weighted by Gasteiger charge is -2.13. The van der Waals surface area contributed by atoms with E-state index in [4.69, 9.17) is 15.3 Å². The number of hydrogen-bond donors (Lipinski definition) is 2. The highest BCUT2D eigenvalue weighted by Crippen LogP contribution is 2.39. The fourth-order valence-electron chi connectivity index (χ4n) is 8.88. The van der Waals surface area contributed by atoms with Gasteiger partial charge in [-0.05, 0) is 148 Å². The topological polar surface area (TPSA) is 89.4 Å². The van der Waals surface area contributed by atoms with Gasteiger partial charge < -0.3 is 15.3 Å². The highest BCUT2D eigenvalue weighted by atomic mass is 16.3. The van der Waals surface area contributed by atoms with Crippen molar-refractivity contribution in [2.75, 3.05) is 5.73 Å². The molecule has 0 aliphatic heterocycles. The molecule has 0 unspecified atom stereocenters. The number of aldehydes is 1. The number of nitrogens with zero attached hydrogens (tertiary/aromatic N) is 1. The van der Waals surface area contributed by atoms with Gasteiger partial charge in [-0.25, -0.2) is 4.98 Å². The summed E-state index contributed by atoms with van der Waals surface area (Å²) in [5, 5.41) is 24.4. The summed E-state index contributed by atoms with van der Waals surface area (Å²) in [6.07, 6.45) is 0.879. The van der Waals surface area contributed by atoms with Crippen molar-refractivity contribution < 1.29 is 14.3 Å². The summed E-state index contributed by atoms with van der Waals surface area (Å²) in [4.78, 5) is 15.5. The molecule has 5 heteroatoms. The van der Waals surface area contributed by atoms with Gasteiger partial charge in [0.05, 0.1) is 5.69 Å². The first kappa shape index (κ1) is 37.5. The van der Waals surface area contributed by atoms with Gasteiger partial charge in [-0.1, -0.05) is 146 Å². The zero-order chi connectivity index (χ0) is 42.4. The maximum Gasteiger partial charge on any atom is 0.227 e. The highest BCUT2D eigenvalue weighted by Gasteiger charge is 2.13. The first-order valence-corrected chi connectivity index (χ1v) is 20.9. The molecule has 5 nitrogen and oxygen atoms in total. The number of hydrogen-bond acceptors (Lipinski definition) is 5. The van der Waals surface area contributed by atoms with Crippen molar-refractivity contribution >= 4 is 87.7 Å². The van der Waals surface area contributed by atoms with Crippen LogP contribution in [0.3, 0.4) is 0 Å². The summed E-state index contributed by atoms with van der Waals surface area (Å²) in [6.45, 7) is 0. The average Bonchev–Trinajstić information content (AvgIpc) is 3.78. The normalized spacial score (nSPS) is 11.4. The lowest BCUT2D eigenvalue weighted by Crippen LogP contribution is -1.86. The molecule has 0 amide bonds. The van der Waals surface area contributed by atoms with Crippen LogP contribution in [0.1, 0.15) is 10.4 Å². The summed E-state index contributed by atoms with van der Waals surface area (Å²) in [5.74, 6) is 0.802. The Kier molecular flexibility index (Phi) is 9.21. The molecular weight excluding hydrogens is 773 g/mol. The van der Waals surface area contributed by atoms with E-state index in [0.717, 1.165) is 28.5 Å². The number of aromatic nitrogens is 1. The Morgan fingerprint density at radius 2 is 0.825 bits per heavy atom. The number of carbonyl (C=O) groups excluding carboxylic acids is 1. The van der Waals surface area contributed by atoms with Crippen LogP contribution < -0.4 is 5.73 Å². The molecule has 0 aliphatic carbocycles. The molecule has 0 bridgehead atoms. The lowest BCUT2D eigenvalue weighted by atomic mass is 9.91. The maximum absolute atomic E-state index is 10.9. The molecule has 298 valence electrons. The predicted octanol–water partition coefficient (Wildman–Crippen LogP) is 15.1. The fraction of sp³-hybridized carbons (Fsp3) is 0. The Bertz CT molecular complexity index is 3590. The third-order valence-electron chi connectivity index (χ3n) is 12.0. The molecule has 0 aliphatic rings. The van der Waals surface area contributed by atoms with E-state index in [1.54, 1.807) is 24.3 Å². The minimum Gasteiger partial charge on any atom is -0.506 e. The van der Waals surface area contributed by atoms with Gasteiger partial charge in [0.2, 0.25) is 5.89 Å². The number of rotatable bonds is 4. The smallest absolute Gasteiger partial charge is 0.227 e. The molecule has 0 atom stereocenters. The molecule has 1 aromatic heterocycles. The van der Waals surface area contributed by atoms with Gasteiger partial charge in [0.1, 0.15) is 17.6 Å². The van der Waals surface area contributed by atoms with Crippen molar-refractivity contribution in [1.29, 1.82) is 0 Å². The number of benzene rings is 12. The number of para-hydroxylation sites is 4. The van der Waals surface area contributed by atoms with Crippen LogP contribution >= 0.6 is 0 Å². The van der Waals surface area contributed by atoms with Gasteiger partial charge in [-0.15, -0.1) is 0 Å². The van der Waals surface area contributed by atoms with Crippen molar-refractivity contribution in [1.82, 2.24) is 4.98 Å². The first-order chi connectivity index (χ1) is 31.0. The van der Waals surface area contributed by atoms with Crippen molar-refractivity contribution in [2.45, 2.75) is 0 Å². The van der Waals surface area contributed by atoms with Gasteiger partial charge in [-0.3, -0.25) is 4.79 Å². The van der Waals surface area contributed by atoms with Crippen LogP contribution in [-0.2, 0) is 0 Å². The number of phenolic OH excluding ortho intramolecular Hbond substituents is 1. The monoisotopic (exact) mass is 810 g/mol. The van der Waals surface area contributed by atoms with Gasteiger partial charge in [0.15, 0.2) is 5.58 Å². The number of phenols is 1. The molecule has 0 saturated carbocycles. The molecular formula is C58H38N2O3. The quantitative estimate of drug-likeness (QED) is 0.0800. The maximum atomic E-state index is 10.9. The summed E-state index contributed by atoms with van der Waals surface area (Å²) in [6, 6.07) is 70.6. The molecule has 1 heterocycles. The summed E-state index contributed by atoms with van der Waals surface area (Å²) in [7, 11) is 0. The SMILES string of the molecule is Nc1ccccc1O.O=Cc1ccc(-c2cc3ccc4cccc5ccc(c2)c3c45)cc1.c1cc2ccc3cc(-c4ccc(-c5nc6ccccc6o5)cc4)cc4ccc(c1)c2c34. The highest BCUT2D eigenvalue weighted by molar-refractivity contribution is 6.25. The Hall–Kier alpha value is -8.54. The Morgan fingerprint density at radius 1 is 0.413 bits per heavy atom. The minimum atomic E-state index is 0.146.